The van der Waals surface area contributed by atoms with Crippen molar-refractivity contribution in [2.24, 2.45) is 0 Å². The second-order valence-corrected chi connectivity index (χ2v) is 7.59. The van der Waals surface area contributed by atoms with Gasteiger partial charge >= 0.3 is 5.97 Å². The molecule has 28 heavy (non-hydrogen) atoms. The number of rotatable bonds is 4. The van der Waals surface area contributed by atoms with Crippen molar-refractivity contribution >= 4 is 72.8 Å². The minimum atomic E-state index is -0.676. The molecule has 0 unspecified atom stereocenters. The molecule has 1 saturated heterocycles. The second kappa shape index (κ2) is 8.17. The lowest BCUT2D eigenvalue weighted by atomic mass is 10.2. The first-order valence-corrected chi connectivity index (χ1v) is 9.54. The highest BCUT2D eigenvalue weighted by Gasteiger charge is 2.21. The minimum absolute atomic E-state index is 0.125. The van der Waals surface area contributed by atoms with Gasteiger partial charge in [0.2, 0.25) is 0 Å². The summed E-state index contributed by atoms with van der Waals surface area (Å²) in [6.45, 7) is 0. The molecule has 0 aromatic heterocycles. The maximum absolute atomic E-state index is 12.3. The summed E-state index contributed by atoms with van der Waals surface area (Å²) in [5.74, 6) is -0.791. The molecule has 0 spiro atoms. The summed E-state index contributed by atoms with van der Waals surface area (Å²) in [4.78, 5) is 34.2. The number of halogens is 2. The number of nitrogens with one attached hydrogen (secondary N) is 2. The van der Waals surface area contributed by atoms with E-state index in [-0.39, 0.29) is 28.0 Å². The third kappa shape index (κ3) is 4.43. The van der Waals surface area contributed by atoms with Gasteiger partial charge in [0.25, 0.3) is 11.6 Å². The van der Waals surface area contributed by atoms with Gasteiger partial charge < -0.3 is 10.1 Å². The van der Waals surface area contributed by atoms with Crippen molar-refractivity contribution in [3.63, 3.8) is 0 Å². The topological polar surface area (TPSA) is 111 Å². The summed E-state index contributed by atoms with van der Waals surface area (Å²) in [5, 5.41) is 16.1. The highest BCUT2D eigenvalue weighted by atomic mass is 79.9. The van der Waals surface area contributed by atoms with Crippen LogP contribution in [0.5, 0.6) is 5.75 Å². The van der Waals surface area contributed by atoms with Crippen LogP contribution in [-0.2, 0) is 4.79 Å². The molecule has 3 rings (SSSR count). The van der Waals surface area contributed by atoms with E-state index in [1.807, 2.05) is 0 Å². The van der Waals surface area contributed by atoms with Gasteiger partial charge in [-0.3, -0.25) is 20.2 Å². The highest BCUT2D eigenvalue weighted by Crippen LogP contribution is 2.36. The molecule has 1 heterocycles. The summed E-state index contributed by atoms with van der Waals surface area (Å²) in [7, 11) is 0. The standard InChI is InChI=1S/C17H9Br2N3O5S/c18-11-5-8(7-13-15(23)21-17(28)20-13)6-12(19)14(11)27-16(24)9-1-3-10(4-2-9)22(25)26/h1-7H,(H2,20,21,23,28)/b13-7-. The number of benzene rings is 2. The van der Waals surface area contributed by atoms with Crippen LogP contribution in [0.25, 0.3) is 6.08 Å². The fourth-order valence-electron chi connectivity index (χ4n) is 2.28. The Morgan fingerprint density at radius 1 is 1.14 bits per heavy atom. The molecule has 1 amide bonds. The van der Waals surface area contributed by atoms with Crippen LogP contribution in [0, 0.1) is 10.1 Å². The third-order valence-electron chi connectivity index (χ3n) is 3.56. The molecule has 0 atom stereocenters. The van der Waals surface area contributed by atoms with Crippen LogP contribution >= 0.6 is 44.1 Å². The number of thiocarbonyl (C=S) groups is 1. The number of carbonyl (C=O) groups excluding carboxylic acids is 2. The van der Waals surface area contributed by atoms with Crippen molar-refractivity contribution in [3.05, 3.63) is 72.3 Å². The summed E-state index contributed by atoms with van der Waals surface area (Å²) in [6, 6.07) is 8.39. The molecule has 0 saturated carbocycles. The first kappa shape index (κ1) is 20.1. The van der Waals surface area contributed by atoms with E-state index in [0.29, 0.717) is 20.2 Å². The largest absolute Gasteiger partial charge is 0.421 e. The molecule has 1 aliphatic heterocycles. The van der Waals surface area contributed by atoms with Gasteiger partial charge in [0.05, 0.1) is 19.4 Å². The van der Waals surface area contributed by atoms with Crippen molar-refractivity contribution in [3.8, 4) is 5.75 Å². The zero-order valence-corrected chi connectivity index (χ0v) is 17.7. The van der Waals surface area contributed by atoms with E-state index in [9.17, 15) is 19.7 Å². The summed E-state index contributed by atoms with van der Waals surface area (Å²) >= 11 is 11.5. The molecule has 2 N–H and O–H groups in total. The van der Waals surface area contributed by atoms with Crippen LogP contribution < -0.4 is 15.4 Å². The molecule has 0 bridgehead atoms. The normalized spacial score (nSPS) is 14.6. The number of carbonyl (C=O) groups is 2. The van der Waals surface area contributed by atoms with Crippen molar-refractivity contribution < 1.29 is 19.2 Å². The fraction of sp³-hybridized carbons (Fsp3) is 0. The molecule has 8 nitrogen and oxygen atoms in total. The first-order chi connectivity index (χ1) is 13.2. The number of hydrogen-bond acceptors (Lipinski definition) is 6. The number of hydrogen-bond donors (Lipinski definition) is 2. The van der Waals surface area contributed by atoms with Gasteiger partial charge in [0.1, 0.15) is 5.70 Å². The maximum atomic E-state index is 12.3. The van der Waals surface area contributed by atoms with Crippen LogP contribution in [0.2, 0.25) is 0 Å². The Hall–Kier alpha value is -2.63. The number of non-ortho nitro benzene ring substituents is 1. The average molecular weight is 527 g/mol. The SMILES string of the molecule is O=C1NC(=S)N/C1=C\c1cc(Br)c(OC(=O)c2ccc([N+](=O)[O-])cc2)c(Br)c1. The second-order valence-electron chi connectivity index (χ2n) is 5.47. The first-order valence-electron chi connectivity index (χ1n) is 7.54. The van der Waals surface area contributed by atoms with E-state index < -0.39 is 10.9 Å². The highest BCUT2D eigenvalue weighted by molar-refractivity contribution is 9.11. The molecular formula is C17H9Br2N3O5S. The number of esters is 1. The van der Waals surface area contributed by atoms with E-state index in [1.165, 1.54) is 24.3 Å². The third-order valence-corrected chi connectivity index (χ3v) is 4.94. The van der Waals surface area contributed by atoms with Gasteiger partial charge in [-0.15, -0.1) is 0 Å². The van der Waals surface area contributed by atoms with E-state index >= 15 is 0 Å². The zero-order chi connectivity index (χ0) is 20.4. The van der Waals surface area contributed by atoms with Gasteiger partial charge in [-0.2, -0.15) is 0 Å². The predicted octanol–water partition coefficient (Wildman–Crippen LogP) is 3.68. The van der Waals surface area contributed by atoms with Crippen LogP contribution in [0.1, 0.15) is 15.9 Å². The van der Waals surface area contributed by atoms with E-state index in [1.54, 1.807) is 18.2 Å². The number of nitrogens with zero attached hydrogens (tertiary/aromatic N) is 1. The lowest BCUT2D eigenvalue weighted by Crippen LogP contribution is -2.21. The van der Waals surface area contributed by atoms with Crippen LogP contribution in [0.4, 0.5) is 5.69 Å². The summed E-state index contributed by atoms with van der Waals surface area (Å²) in [6.07, 6.45) is 1.59. The van der Waals surface area contributed by atoms with Gasteiger partial charge in [-0.25, -0.2) is 4.79 Å². The quantitative estimate of drug-likeness (QED) is 0.156. The Kier molecular flexibility index (Phi) is 5.87. The monoisotopic (exact) mass is 525 g/mol. The average Bonchev–Trinajstić information content (AvgIpc) is 2.95. The van der Waals surface area contributed by atoms with E-state index in [4.69, 9.17) is 17.0 Å². The Morgan fingerprint density at radius 3 is 2.25 bits per heavy atom. The molecule has 2 aromatic carbocycles. The molecule has 0 aliphatic carbocycles. The summed E-state index contributed by atoms with van der Waals surface area (Å²) < 4.78 is 6.31. The van der Waals surface area contributed by atoms with Crippen LogP contribution in [-0.4, -0.2) is 21.9 Å². The van der Waals surface area contributed by atoms with Gasteiger partial charge in [-0.1, -0.05) is 0 Å². The molecule has 11 heteroatoms. The van der Waals surface area contributed by atoms with Crippen molar-refractivity contribution in [2.45, 2.75) is 0 Å². The number of amides is 1. The molecule has 142 valence electrons. The van der Waals surface area contributed by atoms with Crippen LogP contribution in [0.3, 0.4) is 0 Å². The number of nitro groups is 1. The molecular weight excluding hydrogens is 518 g/mol. The van der Waals surface area contributed by atoms with Gasteiger partial charge in [0.15, 0.2) is 10.9 Å². The number of ether oxygens (including phenoxy) is 1. The van der Waals surface area contributed by atoms with Crippen molar-refractivity contribution in [1.29, 1.82) is 0 Å². The summed E-state index contributed by atoms with van der Waals surface area (Å²) in [5.41, 5.74) is 0.979. The zero-order valence-electron chi connectivity index (χ0n) is 13.7. The Morgan fingerprint density at radius 2 is 1.75 bits per heavy atom. The fourth-order valence-corrected chi connectivity index (χ4v) is 3.87. The Balaban J connectivity index is 1.82. The van der Waals surface area contributed by atoms with E-state index in [0.717, 1.165) is 0 Å². The Bertz CT molecular complexity index is 1030. The molecule has 1 fully saturated rings. The Labute approximate surface area is 180 Å². The van der Waals surface area contributed by atoms with Gasteiger partial charge in [-0.05, 0) is 80.0 Å². The van der Waals surface area contributed by atoms with E-state index in [2.05, 4.69) is 42.5 Å². The minimum Gasteiger partial charge on any atom is -0.421 e. The predicted molar refractivity (Wildman–Crippen MR) is 112 cm³/mol. The smallest absolute Gasteiger partial charge is 0.343 e. The molecule has 1 aliphatic rings. The number of nitro benzene ring substituents is 1. The van der Waals surface area contributed by atoms with Gasteiger partial charge in [0, 0.05) is 12.1 Å². The van der Waals surface area contributed by atoms with Crippen molar-refractivity contribution in [2.75, 3.05) is 0 Å². The maximum Gasteiger partial charge on any atom is 0.343 e. The molecule has 2 aromatic rings. The van der Waals surface area contributed by atoms with Crippen molar-refractivity contribution in [1.82, 2.24) is 10.6 Å². The lowest BCUT2D eigenvalue weighted by Gasteiger charge is -2.10. The van der Waals surface area contributed by atoms with Crippen LogP contribution in [0.15, 0.2) is 51.0 Å². The lowest BCUT2D eigenvalue weighted by molar-refractivity contribution is -0.384. The molecule has 0 radical (unpaired) electrons.